The first kappa shape index (κ1) is 14.1. The van der Waals surface area contributed by atoms with Crippen LogP contribution in [0.25, 0.3) is 11.3 Å². The van der Waals surface area contributed by atoms with Gasteiger partial charge in [-0.1, -0.05) is 5.16 Å². The molecule has 1 aliphatic rings. The van der Waals surface area contributed by atoms with Gasteiger partial charge in [-0.2, -0.15) is 0 Å². The fraction of sp³-hybridized carbons (Fsp3) is 0.286. The zero-order valence-corrected chi connectivity index (χ0v) is 11.4. The Morgan fingerprint density at radius 2 is 2.14 bits per heavy atom. The Bertz CT molecular complexity index is 736. The van der Waals surface area contributed by atoms with E-state index in [0.717, 1.165) is 18.5 Å². The van der Waals surface area contributed by atoms with Crippen molar-refractivity contribution in [1.82, 2.24) is 15.5 Å². The summed E-state index contributed by atoms with van der Waals surface area (Å²) in [6.07, 6.45) is 3.56. The molecule has 2 heterocycles. The summed E-state index contributed by atoms with van der Waals surface area (Å²) in [5.41, 5.74) is 1.12. The molecule has 1 fully saturated rings. The topological polar surface area (TPSA) is 126 Å². The zero-order chi connectivity index (χ0) is 15.7. The minimum absolute atomic E-state index is 0.244. The van der Waals surface area contributed by atoms with Gasteiger partial charge in [0.2, 0.25) is 0 Å². The summed E-state index contributed by atoms with van der Waals surface area (Å²) in [5, 5.41) is 24.5. The van der Waals surface area contributed by atoms with Gasteiger partial charge in [0, 0.05) is 23.7 Å². The predicted molar refractivity (Wildman–Crippen MR) is 73.3 cm³/mol. The zero-order valence-electron chi connectivity index (χ0n) is 11.4. The van der Waals surface area contributed by atoms with Crippen molar-refractivity contribution in [2.75, 3.05) is 6.54 Å². The van der Waals surface area contributed by atoms with Crippen LogP contribution < -0.4 is 5.32 Å². The molecule has 0 spiro atoms. The number of amides is 1. The molecule has 0 unspecified atom stereocenters. The van der Waals surface area contributed by atoms with Crippen LogP contribution in [-0.4, -0.2) is 38.8 Å². The van der Waals surface area contributed by atoms with Crippen molar-refractivity contribution in [2.45, 2.75) is 18.8 Å². The highest BCUT2D eigenvalue weighted by Gasteiger charge is 2.27. The Balaban J connectivity index is 1.78. The third-order valence-electron chi connectivity index (χ3n) is 3.29. The molecule has 8 nitrogen and oxygen atoms in total. The molecule has 0 saturated heterocycles. The van der Waals surface area contributed by atoms with Gasteiger partial charge in [0.1, 0.15) is 12.3 Å². The quantitative estimate of drug-likeness (QED) is 0.756. The van der Waals surface area contributed by atoms with Crippen LogP contribution in [0.2, 0.25) is 0 Å². The Hall–Kier alpha value is -2.90. The first-order valence-corrected chi connectivity index (χ1v) is 6.70. The number of aliphatic carboxylic acids is 1. The summed E-state index contributed by atoms with van der Waals surface area (Å²) in [7, 11) is 0. The number of carbonyl (C=O) groups excluding carboxylic acids is 1. The minimum Gasteiger partial charge on any atom is -0.505 e. The number of hydrogen-bond acceptors (Lipinski definition) is 6. The molecule has 1 saturated carbocycles. The van der Waals surface area contributed by atoms with Crippen molar-refractivity contribution in [1.29, 1.82) is 0 Å². The Morgan fingerprint density at radius 1 is 1.36 bits per heavy atom. The van der Waals surface area contributed by atoms with E-state index in [1.807, 2.05) is 0 Å². The van der Waals surface area contributed by atoms with Crippen LogP contribution in [0.15, 0.2) is 22.9 Å². The molecule has 2 aromatic heterocycles. The number of nitrogens with one attached hydrogen (secondary N) is 1. The molecule has 0 bridgehead atoms. The molecule has 0 radical (unpaired) electrons. The van der Waals surface area contributed by atoms with Crippen molar-refractivity contribution in [3.05, 3.63) is 29.7 Å². The van der Waals surface area contributed by atoms with E-state index in [4.69, 9.17) is 9.63 Å². The summed E-state index contributed by atoms with van der Waals surface area (Å²) < 4.78 is 5.21. The molecule has 1 amide bonds. The first-order valence-electron chi connectivity index (χ1n) is 6.70. The van der Waals surface area contributed by atoms with Crippen molar-refractivity contribution in [2.24, 2.45) is 0 Å². The van der Waals surface area contributed by atoms with E-state index in [1.165, 1.54) is 12.3 Å². The Morgan fingerprint density at radius 3 is 2.77 bits per heavy atom. The van der Waals surface area contributed by atoms with Gasteiger partial charge >= 0.3 is 5.97 Å². The van der Waals surface area contributed by atoms with E-state index < -0.39 is 18.4 Å². The summed E-state index contributed by atoms with van der Waals surface area (Å²) in [4.78, 5) is 26.0. The number of hydrogen-bond donors (Lipinski definition) is 3. The number of rotatable bonds is 5. The fourth-order valence-corrected chi connectivity index (χ4v) is 2.00. The summed E-state index contributed by atoms with van der Waals surface area (Å²) >= 11 is 0. The summed E-state index contributed by atoms with van der Waals surface area (Å²) in [6.45, 7) is -0.547. The minimum atomic E-state index is -1.18. The lowest BCUT2D eigenvalue weighted by atomic mass is 10.1. The largest absolute Gasteiger partial charge is 0.505 e. The Kier molecular flexibility index (Phi) is 3.50. The molecule has 0 aromatic carbocycles. The number of nitrogens with zero attached hydrogens (tertiary/aromatic N) is 2. The van der Waals surface area contributed by atoms with Crippen molar-refractivity contribution in [3.63, 3.8) is 0 Å². The van der Waals surface area contributed by atoms with Gasteiger partial charge in [-0.3, -0.25) is 9.59 Å². The molecular formula is C14H13N3O5. The number of carboxylic acid groups (broad SMARTS) is 1. The SMILES string of the molecule is O=C(O)CNC(=O)c1ncc(-c2cc(C3CC3)no2)cc1O. The van der Waals surface area contributed by atoms with Crippen LogP contribution in [0.3, 0.4) is 0 Å². The molecule has 0 aliphatic heterocycles. The molecule has 0 atom stereocenters. The normalized spacial score (nSPS) is 13.8. The summed E-state index contributed by atoms with van der Waals surface area (Å²) in [5.74, 6) is -1.39. The smallest absolute Gasteiger partial charge is 0.322 e. The van der Waals surface area contributed by atoms with E-state index >= 15 is 0 Å². The van der Waals surface area contributed by atoms with E-state index in [1.54, 1.807) is 6.07 Å². The van der Waals surface area contributed by atoms with Gasteiger partial charge in [-0.25, -0.2) is 4.98 Å². The number of pyridine rings is 1. The highest BCUT2D eigenvalue weighted by Crippen LogP contribution is 2.40. The van der Waals surface area contributed by atoms with Crippen LogP contribution in [0.4, 0.5) is 0 Å². The number of aromatic hydroxyl groups is 1. The number of carbonyl (C=O) groups is 2. The molecule has 1 aliphatic carbocycles. The maximum atomic E-state index is 11.7. The standard InChI is InChI=1S/C14H13N3O5/c18-10-3-8(11-4-9(17-22-11)7-1-2-7)5-15-13(10)14(21)16-6-12(19)20/h3-5,7,18H,1-2,6H2,(H,16,21)(H,19,20). The van der Waals surface area contributed by atoms with Crippen LogP contribution in [0, 0.1) is 0 Å². The van der Waals surface area contributed by atoms with Gasteiger partial charge in [0.05, 0.1) is 5.69 Å². The van der Waals surface area contributed by atoms with Crippen LogP contribution in [0.5, 0.6) is 5.75 Å². The average molecular weight is 303 g/mol. The van der Waals surface area contributed by atoms with E-state index in [9.17, 15) is 14.7 Å². The highest BCUT2D eigenvalue weighted by atomic mass is 16.5. The number of aromatic nitrogens is 2. The third-order valence-corrected chi connectivity index (χ3v) is 3.29. The van der Waals surface area contributed by atoms with E-state index in [2.05, 4.69) is 15.5 Å². The monoisotopic (exact) mass is 303 g/mol. The van der Waals surface area contributed by atoms with Crippen molar-refractivity contribution >= 4 is 11.9 Å². The Labute approximate surface area is 124 Å². The maximum absolute atomic E-state index is 11.7. The molecule has 3 N–H and O–H groups in total. The lowest BCUT2D eigenvalue weighted by Gasteiger charge is -2.05. The first-order chi connectivity index (χ1) is 10.5. The highest BCUT2D eigenvalue weighted by molar-refractivity contribution is 5.96. The average Bonchev–Trinajstić information content (AvgIpc) is 3.22. The lowest BCUT2D eigenvalue weighted by Crippen LogP contribution is -2.29. The van der Waals surface area contributed by atoms with E-state index in [0.29, 0.717) is 17.2 Å². The summed E-state index contributed by atoms with van der Waals surface area (Å²) in [6, 6.07) is 3.12. The maximum Gasteiger partial charge on any atom is 0.322 e. The molecule has 3 rings (SSSR count). The van der Waals surface area contributed by atoms with Crippen molar-refractivity contribution in [3.8, 4) is 17.1 Å². The van der Waals surface area contributed by atoms with Gasteiger partial charge in [-0.05, 0) is 18.9 Å². The molecule has 2 aromatic rings. The molecule has 114 valence electrons. The van der Waals surface area contributed by atoms with Gasteiger partial charge in [-0.15, -0.1) is 0 Å². The van der Waals surface area contributed by atoms with Gasteiger partial charge in [0.25, 0.3) is 5.91 Å². The number of carboxylic acids is 1. The van der Waals surface area contributed by atoms with Gasteiger partial charge < -0.3 is 20.1 Å². The van der Waals surface area contributed by atoms with Crippen LogP contribution in [0.1, 0.15) is 34.9 Å². The lowest BCUT2D eigenvalue weighted by molar-refractivity contribution is -0.135. The predicted octanol–water partition coefficient (Wildman–Crippen LogP) is 1.13. The third kappa shape index (κ3) is 2.90. The second kappa shape index (κ2) is 5.47. The molecule has 22 heavy (non-hydrogen) atoms. The van der Waals surface area contributed by atoms with Gasteiger partial charge in [0.15, 0.2) is 11.5 Å². The molecule has 8 heteroatoms. The van der Waals surface area contributed by atoms with Crippen LogP contribution in [-0.2, 0) is 4.79 Å². The second-order valence-corrected chi connectivity index (χ2v) is 5.06. The van der Waals surface area contributed by atoms with Crippen molar-refractivity contribution < 1.29 is 24.3 Å². The van der Waals surface area contributed by atoms with Crippen LogP contribution >= 0.6 is 0 Å². The van der Waals surface area contributed by atoms with E-state index in [-0.39, 0.29) is 11.4 Å². The molecular weight excluding hydrogens is 290 g/mol. The second-order valence-electron chi connectivity index (χ2n) is 5.06. The fourth-order valence-electron chi connectivity index (χ4n) is 2.00.